The zero-order valence-corrected chi connectivity index (χ0v) is 60.6. The van der Waals surface area contributed by atoms with Gasteiger partial charge in [0, 0.05) is 0 Å². The maximum Gasteiger partial charge on any atom is 1.00 e. The van der Waals surface area contributed by atoms with E-state index < -0.39 is 87.4 Å². The molecule has 0 aliphatic carbocycles. The molecule has 0 aliphatic heterocycles. The first-order valence-corrected chi connectivity index (χ1v) is 34.6. The van der Waals surface area contributed by atoms with Crippen LogP contribution >= 0.6 is 22.8 Å². The van der Waals surface area contributed by atoms with Gasteiger partial charge in [0.2, 0.25) is 0 Å². The Kier molecular flexibility index (Phi) is 47.9. The van der Waals surface area contributed by atoms with E-state index in [1.807, 2.05) is 72.8 Å². The Morgan fingerprint density at radius 2 is 0.564 bits per heavy atom. The Morgan fingerprint density at radius 1 is 0.372 bits per heavy atom. The van der Waals surface area contributed by atoms with Gasteiger partial charge in [-0.05, 0) is 91.2 Å². The minimum atomic E-state index is -5.07. The molecule has 3 aromatic carbocycles. The third kappa shape index (κ3) is 40.4. The SMILES string of the molecule is CCCCCCCc1ccc(/C=C/CC(P(=O)(O)O)S(=O)(=O)[O-])cc1.CCCCCCCc1ccc(/C=C/CC(P(=O)(O)O)S(=O)(=O)[O-])cc1.CCCCCCCc1ccc(/C=C/CC(P(=O)(O)O)S(=O)(=O)[O-])cc1.[K+].[K+].[K+]. The Balaban J connectivity index is -0.00000106. The average molecular weight is 1290 g/mol. The van der Waals surface area contributed by atoms with E-state index in [2.05, 4.69) is 20.8 Å². The molecule has 3 atom stereocenters. The number of hydrogen-bond acceptors (Lipinski definition) is 12. The molecule has 426 valence electrons. The summed E-state index contributed by atoms with van der Waals surface area (Å²) < 4.78 is 132. The van der Waals surface area contributed by atoms with Crippen molar-refractivity contribution in [2.45, 2.75) is 171 Å². The third-order valence-corrected chi connectivity index (χ3v) is 22.0. The summed E-state index contributed by atoms with van der Waals surface area (Å²) in [6, 6.07) is 23.0. The van der Waals surface area contributed by atoms with Gasteiger partial charge in [-0.25, -0.2) is 25.3 Å². The standard InChI is InChI=1S/3C17H27O6PS.3K/c3*1-2-3-4-5-6-8-15-11-13-16(14-12-15)9-7-10-17(24(18,19)20)25(21,22)23;;;/h3*7,9,11-14,17H,2-6,8,10H2,1H3,(H2,18,19,20)(H,21,22,23);;;/q;;;3*+1/p-3/b3*9-7+;;;. The topological polar surface area (TPSA) is 344 Å². The van der Waals surface area contributed by atoms with E-state index in [-0.39, 0.29) is 154 Å². The monoisotopic (exact) mass is 1280 g/mol. The molecule has 18 nitrogen and oxygen atoms in total. The van der Waals surface area contributed by atoms with E-state index in [0.29, 0.717) is 0 Å². The van der Waals surface area contributed by atoms with Gasteiger partial charge in [0.05, 0.1) is 0 Å². The third-order valence-electron chi connectivity index (χ3n) is 11.7. The minimum absolute atomic E-state index is 0. The molecule has 0 saturated carbocycles. The fraction of sp³-hybridized carbons (Fsp3) is 0.529. The van der Waals surface area contributed by atoms with Gasteiger partial charge >= 0.3 is 177 Å². The molecule has 27 heteroatoms. The van der Waals surface area contributed by atoms with Crippen LogP contribution in [-0.2, 0) is 63.3 Å². The number of allylic oxidation sites excluding steroid dienone is 3. The van der Waals surface area contributed by atoms with Crippen LogP contribution in [0.2, 0.25) is 0 Å². The van der Waals surface area contributed by atoms with Gasteiger partial charge in [-0.1, -0.05) is 207 Å². The van der Waals surface area contributed by atoms with Crippen LogP contribution in [0.4, 0.5) is 0 Å². The number of benzene rings is 3. The molecule has 0 aromatic heterocycles. The predicted octanol–water partition coefficient (Wildman–Crippen LogP) is 1.97. The molecule has 0 fully saturated rings. The maximum absolute atomic E-state index is 11.1. The molecule has 0 radical (unpaired) electrons. The van der Waals surface area contributed by atoms with Crippen molar-refractivity contribution in [2.75, 3.05) is 0 Å². The average Bonchev–Trinajstić information content (AvgIpc) is 3.30. The summed E-state index contributed by atoms with van der Waals surface area (Å²) in [4.78, 5) is 47.2. The van der Waals surface area contributed by atoms with Gasteiger partial charge in [-0.15, -0.1) is 0 Å². The number of rotatable bonds is 33. The van der Waals surface area contributed by atoms with Crippen molar-refractivity contribution in [3.63, 3.8) is 0 Å². The molecular formula is C51H78K3O18P3S3. The predicted molar refractivity (Wildman–Crippen MR) is 294 cm³/mol. The van der Waals surface area contributed by atoms with Gasteiger partial charge in [0.1, 0.15) is 30.4 Å². The summed E-state index contributed by atoms with van der Waals surface area (Å²) in [6.07, 6.45) is 28.3. The van der Waals surface area contributed by atoms with Crippen LogP contribution in [0.5, 0.6) is 0 Å². The van der Waals surface area contributed by atoms with Crippen molar-refractivity contribution in [3.05, 3.63) is 124 Å². The van der Waals surface area contributed by atoms with Gasteiger partial charge in [-0.3, -0.25) is 13.7 Å². The van der Waals surface area contributed by atoms with Crippen molar-refractivity contribution < 1.29 is 236 Å². The summed E-state index contributed by atoms with van der Waals surface area (Å²) in [7, 11) is -30.2. The van der Waals surface area contributed by atoms with Crippen LogP contribution in [0, 0.1) is 0 Å². The smallest absolute Gasteiger partial charge is 0.747 e. The maximum atomic E-state index is 11.1. The van der Waals surface area contributed by atoms with Crippen molar-refractivity contribution in [2.24, 2.45) is 0 Å². The summed E-state index contributed by atoms with van der Waals surface area (Å²) in [5, 5.41) is 0. The quantitative estimate of drug-likeness (QED) is 0.0220. The zero-order valence-electron chi connectivity index (χ0n) is 46.1. The van der Waals surface area contributed by atoms with Gasteiger partial charge in [0.15, 0.2) is 15.0 Å². The molecule has 0 aliphatic rings. The molecule has 0 heterocycles. The van der Waals surface area contributed by atoms with Crippen LogP contribution in [0.3, 0.4) is 0 Å². The van der Waals surface area contributed by atoms with E-state index in [0.717, 1.165) is 55.2 Å². The number of unbranched alkanes of at least 4 members (excludes halogenated alkanes) is 12. The molecule has 3 rings (SSSR count). The van der Waals surface area contributed by atoms with Crippen LogP contribution in [-0.4, -0.2) is 83.2 Å². The summed E-state index contributed by atoms with van der Waals surface area (Å²) in [5.41, 5.74) is 5.98. The van der Waals surface area contributed by atoms with Crippen molar-refractivity contribution in [3.8, 4) is 0 Å². The Hall–Kier alpha value is 1.97. The second-order valence-corrected chi connectivity index (χ2v) is 29.4. The van der Waals surface area contributed by atoms with Crippen LogP contribution < -0.4 is 154 Å². The van der Waals surface area contributed by atoms with Crippen LogP contribution in [0.25, 0.3) is 18.2 Å². The fourth-order valence-corrected chi connectivity index (χ4v) is 13.7. The second kappa shape index (κ2) is 44.4. The molecule has 0 bridgehead atoms. The van der Waals surface area contributed by atoms with E-state index in [4.69, 9.17) is 29.4 Å². The van der Waals surface area contributed by atoms with E-state index in [1.54, 1.807) is 18.2 Å². The van der Waals surface area contributed by atoms with Crippen molar-refractivity contribution >= 4 is 71.4 Å². The Labute approximate surface area is 592 Å². The first kappa shape index (κ1) is 84.2. The van der Waals surface area contributed by atoms with Crippen molar-refractivity contribution in [1.29, 1.82) is 0 Å². The second-order valence-electron chi connectivity index (χ2n) is 18.2. The molecule has 0 spiro atoms. The van der Waals surface area contributed by atoms with Crippen LogP contribution in [0.15, 0.2) is 91.0 Å². The van der Waals surface area contributed by atoms with E-state index in [9.17, 15) is 52.6 Å². The van der Waals surface area contributed by atoms with Crippen LogP contribution in [0.1, 0.15) is 170 Å². The summed E-state index contributed by atoms with van der Waals surface area (Å²) in [6.45, 7) is 6.54. The minimum Gasteiger partial charge on any atom is -0.747 e. The number of aryl methyl sites for hydroxylation is 3. The fourth-order valence-electron chi connectivity index (χ4n) is 7.42. The molecule has 0 amide bonds. The normalized spacial score (nSPS) is 13.5. The Morgan fingerprint density at radius 3 is 0.731 bits per heavy atom. The molecule has 6 N–H and O–H groups in total. The first-order chi connectivity index (χ1) is 34.9. The van der Waals surface area contributed by atoms with Gasteiger partial charge in [0.25, 0.3) is 0 Å². The summed E-state index contributed by atoms with van der Waals surface area (Å²) >= 11 is 0. The van der Waals surface area contributed by atoms with Gasteiger partial charge < -0.3 is 43.0 Å². The molecule has 0 saturated heterocycles. The number of hydrogen-bond donors (Lipinski definition) is 6. The van der Waals surface area contributed by atoms with Crippen molar-refractivity contribution in [1.82, 2.24) is 0 Å². The molecule has 78 heavy (non-hydrogen) atoms. The van der Waals surface area contributed by atoms with E-state index >= 15 is 0 Å². The molecular weight excluding hydrogens is 1210 g/mol. The molecule has 3 aromatic rings. The Bertz CT molecular complexity index is 2380. The largest absolute Gasteiger partial charge is 1.00 e. The zero-order chi connectivity index (χ0) is 56.8. The first-order valence-electron chi connectivity index (χ1n) is 25.2. The van der Waals surface area contributed by atoms with Gasteiger partial charge in [-0.2, -0.15) is 0 Å². The van der Waals surface area contributed by atoms with E-state index in [1.165, 1.54) is 112 Å². The molecule has 3 unspecified atom stereocenters. The summed E-state index contributed by atoms with van der Waals surface area (Å²) in [5.74, 6) is 0.